The number of pyridine rings is 1. The quantitative estimate of drug-likeness (QED) is 0.828. The molecule has 0 aliphatic carbocycles. The minimum Gasteiger partial charge on any atom is -0.449 e. The van der Waals surface area contributed by atoms with E-state index < -0.39 is 17.4 Å². The molecule has 24 heavy (non-hydrogen) atoms. The zero-order valence-corrected chi connectivity index (χ0v) is 13.1. The molecule has 0 bridgehead atoms. The molecule has 0 atom stereocenters. The average molecular weight is 329 g/mol. The van der Waals surface area contributed by atoms with Gasteiger partial charge in [-0.2, -0.15) is 4.98 Å². The molecule has 124 valence electrons. The first-order valence-corrected chi connectivity index (χ1v) is 7.10. The molecule has 9 heteroatoms. The number of carbonyl (C=O) groups excluding carboxylic acids is 2. The molecular weight excluding hydrogens is 314 g/mol. The average Bonchev–Trinajstić information content (AvgIpc) is 3.02. The Morgan fingerprint density at radius 1 is 1.25 bits per heavy atom. The van der Waals surface area contributed by atoms with Gasteiger partial charge in [-0.05, 0) is 26.0 Å². The Bertz CT molecular complexity index is 807. The van der Waals surface area contributed by atoms with Crippen molar-refractivity contribution in [3.63, 3.8) is 0 Å². The first-order chi connectivity index (χ1) is 11.4. The smallest absolute Gasteiger partial charge is 0.271 e. The molecule has 2 aromatic rings. The van der Waals surface area contributed by atoms with E-state index in [0.717, 1.165) is 0 Å². The SMILES string of the molecule is CC(C)(NC(=O)c1ccccn1)c1nc2c(c(C(N)=O)n1)OCO2. The second-order valence-electron chi connectivity index (χ2n) is 5.59. The number of amides is 2. The maximum Gasteiger partial charge on any atom is 0.271 e. The Morgan fingerprint density at radius 3 is 2.71 bits per heavy atom. The van der Waals surface area contributed by atoms with Crippen molar-refractivity contribution in [3.8, 4) is 11.6 Å². The summed E-state index contributed by atoms with van der Waals surface area (Å²) in [6, 6.07) is 5.00. The molecule has 3 N–H and O–H groups in total. The summed E-state index contributed by atoms with van der Waals surface area (Å²) < 4.78 is 10.4. The molecule has 1 aliphatic heterocycles. The van der Waals surface area contributed by atoms with Gasteiger partial charge in [0.1, 0.15) is 5.69 Å². The molecule has 3 heterocycles. The Kier molecular flexibility index (Phi) is 3.76. The van der Waals surface area contributed by atoms with Crippen LogP contribution in [0.15, 0.2) is 24.4 Å². The van der Waals surface area contributed by atoms with Crippen molar-refractivity contribution in [1.82, 2.24) is 20.3 Å². The molecule has 0 saturated carbocycles. The number of nitrogens with one attached hydrogen (secondary N) is 1. The van der Waals surface area contributed by atoms with E-state index in [4.69, 9.17) is 15.2 Å². The highest BCUT2D eigenvalue weighted by Gasteiger charge is 2.33. The van der Waals surface area contributed by atoms with E-state index in [1.807, 2.05) is 0 Å². The number of fused-ring (bicyclic) bond motifs is 1. The maximum atomic E-state index is 12.3. The van der Waals surface area contributed by atoms with Gasteiger partial charge in [0.05, 0.1) is 5.54 Å². The lowest BCUT2D eigenvalue weighted by Crippen LogP contribution is -2.43. The van der Waals surface area contributed by atoms with Crippen LogP contribution in [0.3, 0.4) is 0 Å². The van der Waals surface area contributed by atoms with Gasteiger partial charge in [0.15, 0.2) is 11.5 Å². The minimum atomic E-state index is -1.00. The Hall–Kier alpha value is -3.23. The van der Waals surface area contributed by atoms with Gasteiger partial charge < -0.3 is 20.5 Å². The number of nitrogens with two attached hydrogens (primary N) is 1. The van der Waals surface area contributed by atoms with Crippen LogP contribution in [0.5, 0.6) is 11.6 Å². The van der Waals surface area contributed by atoms with Crippen molar-refractivity contribution in [2.75, 3.05) is 6.79 Å². The number of hydrogen-bond acceptors (Lipinski definition) is 7. The molecule has 0 aromatic carbocycles. The second-order valence-corrected chi connectivity index (χ2v) is 5.59. The van der Waals surface area contributed by atoms with Crippen molar-refractivity contribution >= 4 is 11.8 Å². The highest BCUT2D eigenvalue weighted by Crippen LogP contribution is 2.34. The van der Waals surface area contributed by atoms with E-state index in [2.05, 4.69) is 20.3 Å². The summed E-state index contributed by atoms with van der Waals surface area (Å²) in [6.45, 7) is 3.31. The molecule has 2 amide bonds. The third-order valence-electron chi connectivity index (χ3n) is 3.35. The number of primary amides is 1. The predicted molar refractivity (Wildman–Crippen MR) is 81.4 cm³/mol. The molecule has 0 spiro atoms. The van der Waals surface area contributed by atoms with Gasteiger partial charge in [-0.1, -0.05) is 6.07 Å². The van der Waals surface area contributed by atoms with Crippen molar-refractivity contribution in [1.29, 1.82) is 0 Å². The van der Waals surface area contributed by atoms with Crippen LogP contribution in [-0.4, -0.2) is 33.6 Å². The summed E-state index contributed by atoms with van der Waals surface area (Å²) >= 11 is 0. The molecule has 9 nitrogen and oxygen atoms in total. The predicted octanol–water partition coefficient (Wildman–Crippen LogP) is 0.364. The standard InChI is InChI=1S/C15H15N5O4/c1-15(2,20-12(22)8-5-3-4-6-17-8)14-18-9(11(16)21)10-13(19-14)24-7-23-10/h3-6H,7H2,1-2H3,(H2,16,21)(H,20,22). The fourth-order valence-electron chi connectivity index (χ4n) is 2.15. The second kappa shape index (κ2) is 5.76. The van der Waals surface area contributed by atoms with Crippen LogP contribution in [-0.2, 0) is 5.54 Å². The van der Waals surface area contributed by atoms with Crippen LogP contribution < -0.4 is 20.5 Å². The van der Waals surface area contributed by atoms with Crippen LogP contribution in [0, 0.1) is 0 Å². The lowest BCUT2D eigenvalue weighted by molar-refractivity contribution is 0.0902. The van der Waals surface area contributed by atoms with Crippen LogP contribution in [0.25, 0.3) is 0 Å². The van der Waals surface area contributed by atoms with Crippen molar-refractivity contribution < 1.29 is 19.1 Å². The van der Waals surface area contributed by atoms with Gasteiger partial charge >= 0.3 is 0 Å². The Balaban J connectivity index is 1.94. The van der Waals surface area contributed by atoms with Crippen molar-refractivity contribution in [2.24, 2.45) is 5.73 Å². The molecule has 0 fully saturated rings. The number of ether oxygens (including phenoxy) is 2. The maximum absolute atomic E-state index is 12.3. The fraction of sp³-hybridized carbons (Fsp3) is 0.267. The molecule has 0 unspecified atom stereocenters. The van der Waals surface area contributed by atoms with Crippen LogP contribution in [0.1, 0.15) is 40.6 Å². The Morgan fingerprint density at radius 2 is 2.04 bits per heavy atom. The van der Waals surface area contributed by atoms with Gasteiger partial charge in [0, 0.05) is 6.20 Å². The fourth-order valence-corrected chi connectivity index (χ4v) is 2.15. The van der Waals surface area contributed by atoms with E-state index in [1.54, 1.807) is 32.0 Å². The van der Waals surface area contributed by atoms with Gasteiger partial charge in [-0.25, -0.2) is 4.98 Å². The molecule has 0 radical (unpaired) electrons. The monoisotopic (exact) mass is 329 g/mol. The number of aromatic nitrogens is 3. The van der Waals surface area contributed by atoms with Crippen molar-refractivity contribution in [3.05, 3.63) is 41.6 Å². The lowest BCUT2D eigenvalue weighted by atomic mass is 10.0. The normalized spacial score (nSPS) is 12.8. The third kappa shape index (κ3) is 2.83. The van der Waals surface area contributed by atoms with Crippen LogP contribution in [0.4, 0.5) is 0 Å². The van der Waals surface area contributed by atoms with E-state index in [-0.39, 0.29) is 35.6 Å². The summed E-state index contributed by atoms with van der Waals surface area (Å²) in [4.78, 5) is 36.2. The highest BCUT2D eigenvalue weighted by atomic mass is 16.7. The zero-order valence-electron chi connectivity index (χ0n) is 13.1. The van der Waals surface area contributed by atoms with E-state index in [0.29, 0.717) is 0 Å². The van der Waals surface area contributed by atoms with Gasteiger partial charge in [-0.3, -0.25) is 14.6 Å². The van der Waals surface area contributed by atoms with Gasteiger partial charge in [-0.15, -0.1) is 0 Å². The molecule has 1 aliphatic rings. The zero-order chi connectivity index (χ0) is 17.3. The number of nitrogens with zero attached hydrogens (tertiary/aromatic N) is 3. The molecule has 0 saturated heterocycles. The summed E-state index contributed by atoms with van der Waals surface area (Å²) in [5.41, 5.74) is 4.49. The van der Waals surface area contributed by atoms with Gasteiger partial charge in [0.2, 0.25) is 12.5 Å². The lowest BCUT2D eigenvalue weighted by Gasteiger charge is -2.24. The largest absolute Gasteiger partial charge is 0.449 e. The number of rotatable bonds is 4. The van der Waals surface area contributed by atoms with E-state index in [1.165, 1.54) is 6.20 Å². The highest BCUT2D eigenvalue weighted by molar-refractivity contribution is 5.94. The molecule has 3 rings (SSSR count). The summed E-state index contributed by atoms with van der Waals surface area (Å²) in [5.74, 6) is -0.772. The topological polar surface area (TPSA) is 129 Å². The minimum absolute atomic E-state index is 0.0749. The molecule has 2 aromatic heterocycles. The first-order valence-electron chi connectivity index (χ1n) is 7.10. The molecular formula is C15H15N5O4. The van der Waals surface area contributed by atoms with Gasteiger partial charge in [0.25, 0.3) is 17.7 Å². The number of hydrogen-bond donors (Lipinski definition) is 2. The van der Waals surface area contributed by atoms with E-state index >= 15 is 0 Å². The van der Waals surface area contributed by atoms with Crippen LogP contribution in [0.2, 0.25) is 0 Å². The van der Waals surface area contributed by atoms with E-state index in [9.17, 15) is 9.59 Å². The summed E-state index contributed by atoms with van der Waals surface area (Å²) in [7, 11) is 0. The van der Waals surface area contributed by atoms with Crippen LogP contribution >= 0.6 is 0 Å². The Labute approximate surface area is 137 Å². The summed E-state index contributed by atoms with van der Waals surface area (Å²) in [6.07, 6.45) is 1.52. The third-order valence-corrected chi connectivity index (χ3v) is 3.35. The summed E-state index contributed by atoms with van der Waals surface area (Å²) in [5, 5.41) is 2.77. The number of carbonyl (C=O) groups is 2. The first kappa shape index (κ1) is 15.7. The van der Waals surface area contributed by atoms with Crippen molar-refractivity contribution in [2.45, 2.75) is 19.4 Å².